The Morgan fingerprint density at radius 2 is 1.92 bits per heavy atom. The number of ether oxygens (including phenoxy) is 3. The summed E-state index contributed by atoms with van der Waals surface area (Å²) in [4.78, 5) is 14.8. The van der Waals surface area contributed by atoms with E-state index in [1.165, 1.54) is 5.56 Å². The number of rotatable bonds is 6. The molecule has 3 aromatic heterocycles. The number of hydrogen-bond donors (Lipinski definition) is 2. The van der Waals surface area contributed by atoms with Crippen molar-refractivity contribution >= 4 is 28.5 Å². The number of aliphatic hydroxyl groups is 1. The minimum Gasteiger partial charge on any atom is -0.456 e. The van der Waals surface area contributed by atoms with Crippen LogP contribution in [0.2, 0.25) is 5.02 Å². The van der Waals surface area contributed by atoms with Crippen LogP contribution < -0.4 is 9.64 Å². The van der Waals surface area contributed by atoms with Crippen molar-refractivity contribution in [2.75, 3.05) is 18.1 Å². The molecule has 0 amide bonds. The Bertz CT molecular complexity index is 1500. The predicted octanol–water partition coefficient (Wildman–Crippen LogP) is 3.95. The van der Waals surface area contributed by atoms with Crippen LogP contribution in [0.4, 0.5) is 5.69 Å². The molecule has 10 nitrogen and oxygen atoms in total. The van der Waals surface area contributed by atoms with E-state index >= 15 is 0 Å². The average Bonchev–Trinajstić information content (AvgIpc) is 3.67. The molecule has 4 aromatic rings. The van der Waals surface area contributed by atoms with E-state index in [0.29, 0.717) is 53.6 Å². The largest absolute Gasteiger partial charge is 0.456 e. The zero-order chi connectivity index (χ0) is 26.9. The number of pyridine rings is 1. The van der Waals surface area contributed by atoms with Gasteiger partial charge in [-0.1, -0.05) is 30.7 Å². The zero-order valence-electron chi connectivity index (χ0n) is 22.1. The van der Waals surface area contributed by atoms with Crippen molar-refractivity contribution < 1.29 is 19.3 Å². The third-order valence-electron chi connectivity index (χ3n) is 7.60. The number of aromatic amines is 1. The van der Waals surface area contributed by atoms with E-state index < -0.39 is 5.60 Å². The van der Waals surface area contributed by atoms with E-state index in [9.17, 15) is 5.11 Å². The predicted molar refractivity (Wildman–Crippen MR) is 146 cm³/mol. The van der Waals surface area contributed by atoms with Gasteiger partial charge in [-0.05, 0) is 32.0 Å². The van der Waals surface area contributed by atoms with Crippen LogP contribution in [-0.2, 0) is 29.1 Å². The van der Waals surface area contributed by atoms with Gasteiger partial charge in [0.2, 0.25) is 0 Å². The third kappa shape index (κ3) is 4.65. The van der Waals surface area contributed by atoms with Gasteiger partial charge in [0.25, 0.3) is 6.01 Å². The van der Waals surface area contributed by atoms with Gasteiger partial charge >= 0.3 is 0 Å². The van der Waals surface area contributed by atoms with Crippen LogP contribution in [0.5, 0.6) is 6.01 Å². The first-order chi connectivity index (χ1) is 18.7. The molecule has 0 radical (unpaired) electrons. The Morgan fingerprint density at radius 3 is 2.69 bits per heavy atom. The standard InChI is InChI=1S/C28H31ClN6O4/c1-15-12-37-25-22(13-38-24(15)25)39-27-30-20-8-19(29)23(31-26(20)32-27)16-4-6-18(7-5-16)34-9-17-10-35(14-28(2,3)36)33-21(17)11-34/h4-8,10,15,22,24-25,36H,9,11-14H2,1-3H3,(H,30,31,32)/t15-,22?,24-,25-/m1/s1. The Labute approximate surface area is 230 Å². The number of halogens is 1. The van der Waals surface area contributed by atoms with Crippen molar-refractivity contribution in [2.24, 2.45) is 5.92 Å². The highest BCUT2D eigenvalue weighted by atomic mass is 35.5. The lowest BCUT2D eigenvalue weighted by Gasteiger charge is -2.20. The van der Waals surface area contributed by atoms with E-state index in [1.807, 2.05) is 29.1 Å². The molecule has 3 aliphatic heterocycles. The summed E-state index contributed by atoms with van der Waals surface area (Å²) in [5, 5.41) is 15.3. The minimum atomic E-state index is -0.796. The molecule has 11 heteroatoms. The van der Waals surface area contributed by atoms with Gasteiger partial charge in [0.15, 0.2) is 11.8 Å². The highest BCUT2D eigenvalue weighted by molar-refractivity contribution is 6.33. The molecular weight excluding hydrogens is 520 g/mol. The number of anilines is 1. The lowest BCUT2D eigenvalue weighted by molar-refractivity contribution is 0.0262. The third-order valence-corrected chi connectivity index (χ3v) is 7.89. The molecule has 6 heterocycles. The molecule has 1 aromatic carbocycles. The smallest absolute Gasteiger partial charge is 0.296 e. The molecule has 3 aliphatic rings. The molecule has 2 saturated heterocycles. The number of nitrogens with one attached hydrogen (secondary N) is 1. The van der Waals surface area contributed by atoms with Crippen molar-refractivity contribution in [3.05, 3.63) is 52.8 Å². The summed E-state index contributed by atoms with van der Waals surface area (Å²) in [7, 11) is 0. The van der Waals surface area contributed by atoms with Crippen molar-refractivity contribution in [3.63, 3.8) is 0 Å². The van der Waals surface area contributed by atoms with Crippen LogP contribution >= 0.6 is 11.6 Å². The zero-order valence-corrected chi connectivity index (χ0v) is 22.9. The van der Waals surface area contributed by atoms with E-state index in [0.717, 1.165) is 30.0 Å². The van der Waals surface area contributed by atoms with Crippen molar-refractivity contribution in [3.8, 4) is 17.3 Å². The molecule has 204 valence electrons. The highest BCUT2D eigenvalue weighted by Gasteiger charge is 2.47. The van der Waals surface area contributed by atoms with Gasteiger partial charge in [-0.25, -0.2) is 4.98 Å². The fourth-order valence-electron chi connectivity index (χ4n) is 5.75. The monoisotopic (exact) mass is 550 g/mol. The van der Waals surface area contributed by atoms with E-state index in [-0.39, 0.29) is 18.3 Å². The lowest BCUT2D eigenvalue weighted by Crippen LogP contribution is -2.33. The second kappa shape index (κ2) is 9.19. The summed E-state index contributed by atoms with van der Waals surface area (Å²) >= 11 is 6.65. The number of imidazole rings is 1. The van der Waals surface area contributed by atoms with Crippen molar-refractivity contribution in [1.29, 1.82) is 0 Å². The first-order valence-corrected chi connectivity index (χ1v) is 13.7. The van der Waals surface area contributed by atoms with Gasteiger partial charge in [-0.15, -0.1) is 0 Å². The topological polar surface area (TPSA) is 111 Å². The second-order valence-corrected chi connectivity index (χ2v) is 11.9. The van der Waals surface area contributed by atoms with E-state index in [1.54, 1.807) is 13.8 Å². The fourth-order valence-corrected chi connectivity index (χ4v) is 6.01. The summed E-state index contributed by atoms with van der Waals surface area (Å²) in [5.41, 5.74) is 5.35. The summed E-state index contributed by atoms with van der Waals surface area (Å²) in [6.45, 7) is 8.84. The summed E-state index contributed by atoms with van der Waals surface area (Å²) in [5.74, 6) is 0.361. The summed E-state index contributed by atoms with van der Waals surface area (Å²) in [6.07, 6.45) is 1.81. The lowest BCUT2D eigenvalue weighted by atomic mass is 10.0. The molecule has 7 rings (SSSR count). The van der Waals surface area contributed by atoms with Crippen LogP contribution in [0.15, 0.2) is 36.5 Å². The summed E-state index contributed by atoms with van der Waals surface area (Å²) in [6, 6.07) is 10.4. The maximum absolute atomic E-state index is 10.1. The number of nitrogens with zero attached hydrogens (tertiary/aromatic N) is 5. The molecule has 0 saturated carbocycles. The van der Waals surface area contributed by atoms with Gasteiger partial charge in [0.05, 0.1) is 59.9 Å². The van der Waals surface area contributed by atoms with Crippen LogP contribution in [0.3, 0.4) is 0 Å². The van der Waals surface area contributed by atoms with Crippen molar-refractivity contribution in [2.45, 2.75) is 64.3 Å². The molecule has 0 spiro atoms. The van der Waals surface area contributed by atoms with Gasteiger partial charge in [0, 0.05) is 35.5 Å². The van der Waals surface area contributed by atoms with E-state index in [4.69, 9.17) is 30.8 Å². The number of hydrogen-bond acceptors (Lipinski definition) is 8. The second-order valence-electron chi connectivity index (χ2n) is 11.5. The summed E-state index contributed by atoms with van der Waals surface area (Å²) < 4.78 is 19.7. The molecule has 0 aliphatic carbocycles. The maximum atomic E-state index is 10.1. The molecule has 1 unspecified atom stereocenters. The Kier molecular flexibility index (Phi) is 5.85. The van der Waals surface area contributed by atoms with Gasteiger partial charge < -0.3 is 29.2 Å². The van der Waals surface area contributed by atoms with Crippen LogP contribution in [0, 0.1) is 5.92 Å². The molecule has 39 heavy (non-hydrogen) atoms. The van der Waals surface area contributed by atoms with Gasteiger partial charge in [0.1, 0.15) is 6.10 Å². The molecular formula is C28H31ClN6O4. The Balaban J connectivity index is 1.06. The molecule has 0 bridgehead atoms. The maximum Gasteiger partial charge on any atom is 0.296 e. The SMILES string of the molecule is C[C@@H]1CO[C@@H]2C(Oc3nc4nc(-c5ccc(N6Cc7cn(CC(C)(C)O)nc7C6)cc5)c(Cl)cc4[nH]3)CO[C@H]12. The normalized spacial score (nSPS) is 24.5. The fraction of sp³-hybridized carbons (Fsp3) is 0.464. The number of aromatic nitrogens is 5. The van der Waals surface area contributed by atoms with Gasteiger partial charge in [-0.2, -0.15) is 10.1 Å². The molecule has 4 atom stereocenters. The first-order valence-electron chi connectivity index (χ1n) is 13.3. The molecule has 2 N–H and O–H groups in total. The average molecular weight is 551 g/mol. The van der Waals surface area contributed by atoms with Crippen LogP contribution in [-0.4, -0.2) is 67.0 Å². The highest BCUT2D eigenvalue weighted by Crippen LogP contribution is 2.35. The Morgan fingerprint density at radius 1 is 1.13 bits per heavy atom. The minimum absolute atomic E-state index is 0.0692. The molecule has 2 fully saturated rings. The quantitative estimate of drug-likeness (QED) is 0.371. The number of benzene rings is 1. The van der Waals surface area contributed by atoms with Crippen molar-refractivity contribution in [1.82, 2.24) is 24.7 Å². The number of fused-ring (bicyclic) bond motifs is 3. The number of H-pyrrole nitrogens is 1. The van der Waals surface area contributed by atoms with Crippen LogP contribution in [0.1, 0.15) is 32.0 Å². The van der Waals surface area contributed by atoms with Gasteiger partial charge in [-0.3, -0.25) is 4.68 Å². The van der Waals surface area contributed by atoms with E-state index in [2.05, 4.69) is 39.0 Å². The Hall–Kier alpha value is -3.18. The first kappa shape index (κ1) is 24.8. The van der Waals surface area contributed by atoms with Crippen LogP contribution in [0.25, 0.3) is 22.4 Å².